The summed E-state index contributed by atoms with van der Waals surface area (Å²) in [5.41, 5.74) is 2.93. The highest BCUT2D eigenvalue weighted by Crippen LogP contribution is 2.58. The molecule has 1 spiro atoms. The fraction of sp³-hybridized carbons (Fsp3) is 0.667. The van der Waals surface area contributed by atoms with Crippen molar-refractivity contribution in [3.8, 4) is 0 Å². The topological polar surface area (TPSA) is 17.1 Å². The standard InChI is InChI=1S/C15H22O/c1-11-5-7-15(8-6-11)12(2)9-13(16)10-14(15,3)4/h5H,2,6-10H2,1,3-4H3/t15-/m0/s1. The summed E-state index contributed by atoms with van der Waals surface area (Å²) < 4.78 is 0. The maximum absolute atomic E-state index is 11.7. The molecule has 2 rings (SSSR count). The number of rotatable bonds is 0. The van der Waals surface area contributed by atoms with Gasteiger partial charge in [-0.2, -0.15) is 0 Å². The van der Waals surface area contributed by atoms with E-state index in [2.05, 4.69) is 33.4 Å². The van der Waals surface area contributed by atoms with Gasteiger partial charge in [0.15, 0.2) is 0 Å². The van der Waals surface area contributed by atoms with Crippen molar-refractivity contribution < 1.29 is 4.79 Å². The Balaban J connectivity index is 2.38. The lowest BCUT2D eigenvalue weighted by molar-refractivity contribution is -0.125. The summed E-state index contributed by atoms with van der Waals surface area (Å²) >= 11 is 0. The van der Waals surface area contributed by atoms with Crippen LogP contribution in [0.4, 0.5) is 0 Å². The Morgan fingerprint density at radius 1 is 1.38 bits per heavy atom. The van der Waals surface area contributed by atoms with Gasteiger partial charge in [-0.25, -0.2) is 0 Å². The third-order valence-electron chi connectivity index (χ3n) is 4.77. The van der Waals surface area contributed by atoms with Gasteiger partial charge < -0.3 is 0 Å². The van der Waals surface area contributed by atoms with Crippen LogP contribution in [0.15, 0.2) is 23.8 Å². The Labute approximate surface area is 98.6 Å². The van der Waals surface area contributed by atoms with E-state index in [0.29, 0.717) is 12.2 Å². The van der Waals surface area contributed by atoms with Crippen molar-refractivity contribution in [2.75, 3.05) is 0 Å². The smallest absolute Gasteiger partial charge is 0.137 e. The summed E-state index contributed by atoms with van der Waals surface area (Å²) in [6.07, 6.45) is 7.10. The third kappa shape index (κ3) is 1.57. The molecule has 1 nitrogen and oxygen atoms in total. The van der Waals surface area contributed by atoms with E-state index < -0.39 is 0 Å². The molecule has 0 aliphatic heterocycles. The second-order valence-corrected chi connectivity index (χ2v) is 6.22. The number of carbonyl (C=O) groups excluding carboxylic acids is 1. The van der Waals surface area contributed by atoms with Crippen LogP contribution >= 0.6 is 0 Å². The highest BCUT2D eigenvalue weighted by molar-refractivity contribution is 5.83. The van der Waals surface area contributed by atoms with Gasteiger partial charge in [-0.3, -0.25) is 4.79 Å². The van der Waals surface area contributed by atoms with Crippen molar-refractivity contribution >= 4 is 5.78 Å². The van der Waals surface area contributed by atoms with E-state index >= 15 is 0 Å². The largest absolute Gasteiger partial charge is 0.299 e. The van der Waals surface area contributed by atoms with Crippen LogP contribution in [0.3, 0.4) is 0 Å². The van der Waals surface area contributed by atoms with Gasteiger partial charge in [0.05, 0.1) is 0 Å². The van der Waals surface area contributed by atoms with Crippen molar-refractivity contribution in [3.63, 3.8) is 0 Å². The van der Waals surface area contributed by atoms with Crippen LogP contribution in [0.5, 0.6) is 0 Å². The van der Waals surface area contributed by atoms with Gasteiger partial charge in [0.2, 0.25) is 0 Å². The van der Waals surface area contributed by atoms with Gasteiger partial charge in [-0.15, -0.1) is 0 Å². The predicted octanol–water partition coefficient (Wildman–Crippen LogP) is 4.05. The monoisotopic (exact) mass is 218 g/mol. The molecule has 0 aromatic carbocycles. The second-order valence-electron chi connectivity index (χ2n) is 6.22. The SMILES string of the molecule is C=C1CC(=O)CC(C)(C)[C@]12CC=C(C)CC2. The Kier molecular flexibility index (Phi) is 2.60. The minimum Gasteiger partial charge on any atom is -0.299 e. The number of allylic oxidation sites excluding steroid dienone is 3. The van der Waals surface area contributed by atoms with Gasteiger partial charge in [-0.05, 0) is 31.6 Å². The molecule has 0 heterocycles. The van der Waals surface area contributed by atoms with E-state index in [-0.39, 0.29) is 10.8 Å². The maximum atomic E-state index is 11.7. The van der Waals surface area contributed by atoms with Crippen LogP contribution in [0.25, 0.3) is 0 Å². The minimum atomic E-state index is 0.0800. The first kappa shape index (κ1) is 11.6. The number of hydrogen-bond acceptors (Lipinski definition) is 1. The van der Waals surface area contributed by atoms with E-state index in [1.54, 1.807) is 0 Å². The molecule has 2 aliphatic carbocycles. The molecule has 0 N–H and O–H groups in total. The highest BCUT2D eigenvalue weighted by Gasteiger charge is 2.50. The third-order valence-corrected chi connectivity index (χ3v) is 4.77. The molecule has 0 aromatic heterocycles. The summed E-state index contributed by atoms with van der Waals surface area (Å²) in [4.78, 5) is 11.7. The summed E-state index contributed by atoms with van der Waals surface area (Å²) in [5, 5.41) is 0. The van der Waals surface area contributed by atoms with E-state index in [1.165, 1.54) is 17.6 Å². The number of Topliss-reactive ketones (excluding diaryl/α,β-unsaturated/α-hetero) is 1. The summed E-state index contributed by atoms with van der Waals surface area (Å²) in [6.45, 7) is 10.9. The van der Waals surface area contributed by atoms with Crippen LogP contribution in [-0.2, 0) is 4.79 Å². The minimum absolute atomic E-state index is 0.0800. The van der Waals surface area contributed by atoms with Gasteiger partial charge in [0, 0.05) is 18.3 Å². The molecule has 16 heavy (non-hydrogen) atoms. The van der Waals surface area contributed by atoms with E-state index in [4.69, 9.17) is 0 Å². The number of hydrogen-bond donors (Lipinski definition) is 0. The van der Waals surface area contributed by atoms with E-state index in [9.17, 15) is 4.79 Å². The molecule has 0 saturated heterocycles. The van der Waals surface area contributed by atoms with Crippen LogP contribution in [0, 0.1) is 10.8 Å². The lowest BCUT2D eigenvalue weighted by atomic mass is 9.51. The van der Waals surface area contributed by atoms with Gasteiger partial charge in [0.1, 0.15) is 5.78 Å². The highest BCUT2D eigenvalue weighted by atomic mass is 16.1. The molecule has 1 atom stereocenters. The molecule has 88 valence electrons. The summed E-state index contributed by atoms with van der Waals surface area (Å²) in [6, 6.07) is 0. The van der Waals surface area contributed by atoms with Crippen LogP contribution in [-0.4, -0.2) is 5.78 Å². The van der Waals surface area contributed by atoms with E-state index in [0.717, 1.165) is 19.3 Å². The molecule has 0 bridgehead atoms. The molecule has 1 heteroatoms. The van der Waals surface area contributed by atoms with Crippen LogP contribution in [0.1, 0.15) is 52.9 Å². The lowest BCUT2D eigenvalue weighted by Gasteiger charge is -2.52. The molecule has 2 aliphatic rings. The quantitative estimate of drug-likeness (QED) is 0.561. The molecule has 1 fully saturated rings. The normalized spacial score (nSPS) is 34.1. The Hall–Kier alpha value is -0.850. The van der Waals surface area contributed by atoms with Gasteiger partial charge >= 0.3 is 0 Å². The average Bonchev–Trinajstić information content (AvgIpc) is 2.15. The van der Waals surface area contributed by atoms with Crippen LogP contribution in [0.2, 0.25) is 0 Å². The number of ketones is 1. The van der Waals surface area contributed by atoms with Crippen molar-refractivity contribution in [1.29, 1.82) is 0 Å². The zero-order chi connectivity index (χ0) is 12.0. The molecule has 0 radical (unpaired) electrons. The molecular formula is C15H22O. The predicted molar refractivity (Wildman–Crippen MR) is 67.2 cm³/mol. The van der Waals surface area contributed by atoms with E-state index in [1.807, 2.05) is 0 Å². The van der Waals surface area contributed by atoms with Crippen molar-refractivity contribution in [3.05, 3.63) is 23.8 Å². The number of carbonyl (C=O) groups is 1. The fourth-order valence-corrected chi connectivity index (χ4v) is 3.51. The first-order valence-corrected chi connectivity index (χ1v) is 6.23. The van der Waals surface area contributed by atoms with Crippen molar-refractivity contribution in [2.24, 2.45) is 10.8 Å². The Bertz CT molecular complexity index is 373. The van der Waals surface area contributed by atoms with Crippen LogP contribution < -0.4 is 0 Å². The van der Waals surface area contributed by atoms with Crippen molar-refractivity contribution in [1.82, 2.24) is 0 Å². The molecule has 0 aromatic rings. The first-order valence-electron chi connectivity index (χ1n) is 6.23. The van der Waals surface area contributed by atoms with Gasteiger partial charge in [0.25, 0.3) is 0 Å². The Morgan fingerprint density at radius 2 is 2.06 bits per heavy atom. The second kappa shape index (κ2) is 3.58. The molecule has 1 saturated carbocycles. The molecule has 0 amide bonds. The molecular weight excluding hydrogens is 196 g/mol. The zero-order valence-electron chi connectivity index (χ0n) is 10.7. The molecule has 0 unspecified atom stereocenters. The average molecular weight is 218 g/mol. The van der Waals surface area contributed by atoms with Gasteiger partial charge in [-0.1, -0.05) is 37.6 Å². The maximum Gasteiger partial charge on any atom is 0.137 e. The lowest BCUT2D eigenvalue weighted by Crippen LogP contribution is -2.45. The summed E-state index contributed by atoms with van der Waals surface area (Å²) in [7, 11) is 0. The van der Waals surface area contributed by atoms with Crippen molar-refractivity contribution in [2.45, 2.75) is 52.9 Å². The fourth-order valence-electron chi connectivity index (χ4n) is 3.51. The zero-order valence-corrected chi connectivity index (χ0v) is 10.7. The summed E-state index contributed by atoms with van der Waals surface area (Å²) in [5.74, 6) is 0.368. The first-order chi connectivity index (χ1) is 7.37. The Morgan fingerprint density at radius 3 is 2.56 bits per heavy atom.